The van der Waals surface area contributed by atoms with Gasteiger partial charge in [0, 0.05) is 30.2 Å². The van der Waals surface area contributed by atoms with Crippen LogP contribution in [-0.4, -0.2) is 23.9 Å². The molecule has 0 aliphatic carbocycles. The summed E-state index contributed by atoms with van der Waals surface area (Å²) in [6.45, 7) is 1.36. The average molecular weight is 238 g/mol. The summed E-state index contributed by atoms with van der Waals surface area (Å²) in [7, 11) is 0. The summed E-state index contributed by atoms with van der Waals surface area (Å²) in [5.74, 6) is 0.125. The number of hydrogen-bond acceptors (Lipinski definition) is 3. The second-order valence-electron chi connectivity index (χ2n) is 4.47. The van der Waals surface area contributed by atoms with Gasteiger partial charge in [-0.2, -0.15) is 0 Å². The molecule has 0 saturated heterocycles. The van der Waals surface area contributed by atoms with Crippen molar-refractivity contribution < 1.29 is 4.79 Å². The molecule has 0 radical (unpaired) electrons. The first kappa shape index (κ1) is 11.0. The van der Waals surface area contributed by atoms with E-state index >= 15 is 0 Å². The maximum absolute atomic E-state index is 12.1. The third-order valence-corrected chi connectivity index (χ3v) is 3.30. The van der Waals surface area contributed by atoms with Gasteiger partial charge in [0.25, 0.3) is 0 Å². The highest BCUT2D eigenvalue weighted by Gasteiger charge is 2.20. The van der Waals surface area contributed by atoms with Crippen LogP contribution in [0.25, 0.3) is 0 Å². The minimum atomic E-state index is 0.125. The molecule has 90 valence electrons. The van der Waals surface area contributed by atoms with Gasteiger partial charge in [0.1, 0.15) is 0 Å². The molecule has 0 N–H and O–H groups in total. The standard InChI is InChI=1S/C15H14N2O/c18-15(13-5-3-8-16-10-13)11-17-9-7-12-4-1-2-6-14(12)17/h1-6,8,10H,7,9,11H2. The Balaban J connectivity index is 1.77. The van der Waals surface area contributed by atoms with E-state index in [1.165, 1.54) is 11.3 Å². The number of anilines is 1. The van der Waals surface area contributed by atoms with Gasteiger partial charge in [0.15, 0.2) is 5.78 Å². The first-order valence-corrected chi connectivity index (χ1v) is 6.11. The van der Waals surface area contributed by atoms with Gasteiger partial charge in [-0.3, -0.25) is 9.78 Å². The Hall–Kier alpha value is -2.16. The number of pyridine rings is 1. The molecule has 1 aliphatic heterocycles. The van der Waals surface area contributed by atoms with Crippen LogP contribution in [0.3, 0.4) is 0 Å². The number of fused-ring (bicyclic) bond motifs is 1. The van der Waals surface area contributed by atoms with E-state index in [-0.39, 0.29) is 5.78 Å². The zero-order valence-electron chi connectivity index (χ0n) is 10.0. The Labute approximate surface area is 106 Å². The fraction of sp³-hybridized carbons (Fsp3) is 0.200. The predicted octanol–water partition coefficient (Wildman–Crippen LogP) is 2.33. The maximum Gasteiger partial charge on any atom is 0.183 e. The summed E-state index contributed by atoms with van der Waals surface area (Å²) in [5.41, 5.74) is 3.20. The fourth-order valence-electron chi connectivity index (χ4n) is 2.36. The van der Waals surface area contributed by atoms with Gasteiger partial charge in [-0.05, 0) is 30.2 Å². The molecule has 18 heavy (non-hydrogen) atoms. The van der Waals surface area contributed by atoms with Gasteiger partial charge in [-0.15, -0.1) is 0 Å². The molecule has 0 saturated carbocycles. The van der Waals surface area contributed by atoms with Gasteiger partial charge in [-0.1, -0.05) is 18.2 Å². The van der Waals surface area contributed by atoms with Gasteiger partial charge in [-0.25, -0.2) is 0 Å². The molecule has 0 amide bonds. The lowest BCUT2D eigenvalue weighted by Gasteiger charge is -2.18. The first-order valence-electron chi connectivity index (χ1n) is 6.11. The van der Waals surface area contributed by atoms with Crippen molar-refractivity contribution in [3.05, 3.63) is 59.9 Å². The molecule has 2 aromatic rings. The molecule has 1 aromatic carbocycles. The van der Waals surface area contributed by atoms with Gasteiger partial charge >= 0.3 is 0 Å². The van der Waals surface area contributed by atoms with Crippen molar-refractivity contribution in [3.63, 3.8) is 0 Å². The molecule has 0 spiro atoms. The summed E-state index contributed by atoms with van der Waals surface area (Å²) >= 11 is 0. The number of para-hydroxylation sites is 1. The van der Waals surface area contributed by atoms with Crippen LogP contribution in [0, 0.1) is 0 Å². The molecule has 3 nitrogen and oxygen atoms in total. The second kappa shape index (κ2) is 4.61. The highest BCUT2D eigenvalue weighted by atomic mass is 16.1. The van der Waals surface area contributed by atoms with Crippen molar-refractivity contribution in [2.24, 2.45) is 0 Å². The Morgan fingerprint density at radius 2 is 2.11 bits per heavy atom. The first-order chi connectivity index (χ1) is 8.84. The van der Waals surface area contributed by atoms with Gasteiger partial charge < -0.3 is 4.90 Å². The highest BCUT2D eigenvalue weighted by molar-refractivity contribution is 5.99. The van der Waals surface area contributed by atoms with Crippen LogP contribution in [0.15, 0.2) is 48.8 Å². The molecule has 2 heterocycles. The molecule has 1 aliphatic rings. The molecule has 0 fully saturated rings. The number of benzene rings is 1. The van der Waals surface area contributed by atoms with Crippen LogP contribution in [0.5, 0.6) is 0 Å². The lowest BCUT2D eigenvalue weighted by atomic mass is 10.1. The summed E-state index contributed by atoms with van der Waals surface area (Å²) in [6, 6.07) is 11.9. The van der Waals surface area contributed by atoms with Crippen LogP contribution >= 0.6 is 0 Å². The predicted molar refractivity (Wildman–Crippen MR) is 70.9 cm³/mol. The second-order valence-corrected chi connectivity index (χ2v) is 4.47. The Morgan fingerprint density at radius 3 is 2.94 bits per heavy atom. The third kappa shape index (κ3) is 1.99. The number of aromatic nitrogens is 1. The zero-order valence-corrected chi connectivity index (χ0v) is 10.0. The fourth-order valence-corrected chi connectivity index (χ4v) is 2.36. The lowest BCUT2D eigenvalue weighted by Crippen LogP contribution is -2.28. The van der Waals surface area contributed by atoms with Crippen LogP contribution in [-0.2, 0) is 6.42 Å². The van der Waals surface area contributed by atoms with E-state index in [9.17, 15) is 4.79 Å². The number of hydrogen-bond donors (Lipinski definition) is 0. The minimum Gasteiger partial charge on any atom is -0.363 e. The third-order valence-electron chi connectivity index (χ3n) is 3.30. The number of rotatable bonds is 3. The largest absolute Gasteiger partial charge is 0.363 e. The van der Waals surface area contributed by atoms with Crippen LogP contribution in [0.4, 0.5) is 5.69 Å². The minimum absolute atomic E-state index is 0.125. The van der Waals surface area contributed by atoms with Crippen LogP contribution in [0.1, 0.15) is 15.9 Å². The lowest BCUT2D eigenvalue weighted by molar-refractivity contribution is 0.0999. The van der Waals surface area contributed by atoms with E-state index in [4.69, 9.17) is 0 Å². The summed E-state index contributed by atoms with van der Waals surface area (Å²) in [6.07, 6.45) is 4.34. The number of carbonyl (C=O) groups is 1. The van der Waals surface area contributed by atoms with E-state index in [1.807, 2.05) is 18.2 Å². The molecule has 1 aromatic heterocycles. The molecule has 0 unspecified atom stereocenters. The summed E-state index contributed by atoms with van der Waals surface area (Å²) in [5, 5.41) is 0. The Morgan fingerprint density at radius 1 is 1.22 bits per heavy atom. The summed E-state index contributed by atoms with van der Waals surface area (Å²) in [4.78, 5) is 18.3. The van der Waals surface area contributed by atoms with Crippen molar-refractivity contribution in [3.8, 4) is 0 Å². The molecular weight excluding hydrogens is 224 g/mol. The normalized spacial score (nSPS) is 13.4. The van der Waals surface area contributed by atoms with Crippen LogP contribution < -0.4 is 4.90 Å². The van der Waals surface area contributed by atoms with E-state index in [1.54, 1.807) is 18.5 Å². The molecular formula is C15H14N2O. The molecule has 3 rings (SSSR count). The number of carbonyl (C=O) groups excluding carboxylic acids is 1. The van der Waals surface area contributed by atoms with Crippen molar-refractivity contribution >= 4 is 11.5 Å². The van der Waals surface area contributed by atoms with Crippen LogP contribution in [0.2, 0.25) is 0 Å². The zero-order chi connectivity index (χ0) is 12.4. The average Bonchev–Trinajstić information content (AvgIpc) is 2.83. The van der Waals surface area contributed by atoms with Crippen molar-refractivity contribution in [2.75, 3.05) is 18.0 Å². The monoisotopic (exact) mass is 238 g/mol. The number of Topliss-reactive ketones (excluding diaryl/α,β-unsaturated/α-hetero) is 1. The van der Waals surface area contributed by atoms with Gasteiger partial charge in [0.2, 0.25) is 0 Å². The Bertz CT molecular complexity index is 566. The van der Waals surface area contributed by atoms with E-state index in [0.717, 1.165) is 13.0 Å². The topological polar surface area (TPSA) is 33.2 Å². The van der Waals surface area contributed by atoms with Crippen molar-refractivity contribution in [2.45, 2.75) is 6.42 Å². The van der Waals surface area contributed by atoms with Crippen molar-refractivity contribution in [1.82, 2.24) is 4.98 Å². The number of nitrogens with zero attached hydrogens (tertiary/aromatic N) is 2. The van der Waals surface area contributed by atoms with E-state index in [0.29, 0.717) is 12.1 Å². The SMILES string of the molecule is O=C(CN1CCc2ccccc21)c1cccnc1. The summed E-state index contributed by atoms with van der Waals surface area (Å²) < 4.78 is 0. The molecule has 0 atom stereocenters. The smallest absolute Gasteiger partial charge is 0.183 e. The molecule has 3 heteroatoms. The maximum atomic E-state index is 12.1. The molecule has 0 bridgehead atoms. The number of ketones is 1. The quantitative estimate of drug-likeness (QED) is 0.769. The Kier molecular flexibility index (Phi) is 2.81. The van der Waals surface area contributed by atoms with Gasteiger partial charge in [0.05, 0.1) is 6.54 Å². The van der Waals surface area contributed by atoms with E-state index in [2.05, 4.69) is 22.0 Å². The van der Waals surface area contributed by atoms with E-state index < -0.39 is 0 Å². The highest BCUT2D eigenvalue weighted by Crippen LogP contribution is 2.27. The van der Waals surface area contributed by atoms with Crippen molar-refractivity contribution in [1.29, 1.82) is 0 Å².